The predicted molar refractivity (Wildman–Crippen MR) is 77.7 cm³/mol. The summed E-state index contributed by atoms with van der Waals surface area (Å²) >= 11 is 3.28. The van der Waals surface area contributed by atoms with E-state index >= 15 is 0 Å². The lowest BCUT2D eigenvalue weighted by atomic mass is 9.89. The highest BCUT2D eigenvalue weighted by Gasteiger charge is 2.36. The molecule has 0 saturated heterocycles. The zero-order valence-electron chi connectivity index (χ0n) is 11.1. The first-order chi connectivity index (χ1) is 9.31. The summed E-state index contributed by atoms with van der Waals surface area (Å²) in [5.41, 5.74) is 2.11. The SMILES string of the molecule is CC1(C)CCc2c1nc1c(Br)cc(F)cc1c2C(=O)O. The van der Waals surface area contributed by atoms with E-state index in [1.807, 2.05) is 0 Å². The highest BCUT2D eigenvalue weighted by Crippen LogP contribution is 2.42. The topological polar surface area (TPSA) is 50.2 Å². The van der Waals surface area contributed by atoms with E-state index in [1.54, 1.807) is 0 Å². The molecule has 0 unspecified atom stereocenters. The average Bonchev–Trinajstić information content (AvgIpc) is 2.62. The molecule has 0 amide bonds. The molecular weight excluding hydrogens is 325 g/mol. The molecule has 3 rings (SSSR count). The minimum Gasteiger partial charge on any atom is -0.478 e. The molecule has 1 aromatic heterocycles. The highest BCUT2D eigenvalue weighted by molar-refractivity contribution is 9.10. The number of hydrogen-bond donors (Lipinski definition) is 1. The average molecular weight is 338 g/mol. The third kappa shape index (κ3) is 1.84. The fourth-order valence-electron chi connectivity index (χ4n) is 2.93. The Bertz CT molecular complexity index is 755. The van der Waals surface area contributed by atoms with Crippen LogP contribution in [0.3, 0.4) is 0 Å². The van der Waals surface area contributed by atoms with Gasteiger partial charge in [-0.3, -0.25) is 4.98 Å². The van der Waals surface area contributed by atoms with Gasteiger partial charge in [0.15, 0.2) is 0 Å². The molecule has 0 spiro atoms. The molecule has 0 radical (unpaired) electrons. The third-order valence-electron chi connectivity index (χ3n) is 3.96. The van der Waals surface area contributed by atoms with E-state index in [9.17, 15) is 14.3 Å². The van der Waals surface area contributed by atoms with Gasteiger partial charge < -0.3 is 5.11 Å². The first kappa shape index (κ1) is 13.5. The van der Waals surface area contributed by atoms with E-state index in [4.69, 9.17) is 0 Å². The van der Waals surface area contributed by atoms with E-state index in [1.165, 1.54) is 12.1 Å². The van der Waals surface area contributed by atoms with Crippen LogP contribution in [0.5, 0.6) is 0 Å². The number of halogens is 2. The third-order valence-corrected chi connectivity index (χ3v) is 4.57. The fraction of sp³-hybridized carbons (Fsp3) is 0.333. The van der Waals surface area contributed by atoms with Crippen molar-refractivity contribution in [3.05, 3.63) is 39.2 Å². The summed E-state index contributed by atoms with van der Waals surface area (Å²) in [4.78, 5) is 16.3. The van der Waals surface area contributed by atoms with Crippen molar-refractivity contribution in [2.45, 2.75) is 32.1 Å². The molecule has 0 fully saturated rings. The number of nitrogens with zero attached hydrogens (tertiary/aromatic N) is 1. The molecule has 3 nitrogen and oxygen atoms in total. The molecule has 1 aliphatic carbocycles. The Morgan fingerprint density at radius 2 is 2.15 bits per heavy atom. The van der Waals surface area contributed by atoms with Crippen molar-refractivity contribution in [1.29, 1.82) is 0 Å². The first-order valence-corrected chi connectivity index (χ1v) is 7.16. The van der Waals surface area contributed by atoms with Gasteiger partial charge in [0.1, 0.15) is 5.82 Å². The maximum absolute atomic E-state index is 13.6. The van der Waals surface area contributed by atoms with E-state index in [-0.39, 0.29) is 11.0 Å². The van der Waals surface area contributed by atoms with Gasteiger partial charge in [-0.05, 0) is 46.5 Å². The van der Waals surface area contributed by atoms with Gasteiger partial charge in [-0.2, -0.15) is 0 Å². The first-order valence-electron chi connectivity index (χ1n) is 6.36. The predicted octanol–water partition coefficient (Wildman–Crippen LogP) is 4.06. The van der Waals surface area contributed by atoms with E-state index in [0.29, 0.717) is 21.8 Å². The minimum absolute atomic E-state index is 0.151. The molecule has 1 aliphatic rings. The second kappa shape index (κ2) is 4.25. The lowest BCUT2D eigenvalue weighted by Crippen LogP contribution is -2.15. The van der Waals surface area contributed by atoms with Crippen LogP contribution in [0.25, 0.3) is 10.9 Å². The van der Waals surface area contributed by atoms with E-state index in [0.717, 1.165) is 17.7 Å². The monoisotopic (exact) mass is 337 g/mol. The van der Waals surface area contributed by atoms with E-state index < -0.39 is 11.8 Å². The van der Waals surface area contributed by atoms with Crippen LogP contribution in [0.2, 0.25) is 0 Å². The van der Waals surface area contributed by atoms with E-state index in [2.05, 4.69) is 34.8 Å². The summed E-state index contributed by atoms with van der Waals surface area (Å²) in [6.45, 7) is 4.11. The summed E-state index contributed by atoms with van der Waals surface area (Å²) < 4.78 is 14.1. The summed E-state index contributed by atoms with van der Waals surface area (Å²) in [5.74, 6) is -1.49. The number of carboxylic acid groups (broad SMARTS) is 1. The largest absolute Gasteiger partial charge is 0.478 e. The Hall–Kier alpha value is -1.49. The lowest BCUT2D eigenvalue weighted by Gasteiger charge is -2.19. The summed E-state index contributed by atoms with van der Waals surface area (Å²) in [6.07, 6.45) is 1.52. The van der Waals surface area contributed by atoms with Crippen molar-refractivity contribution in [1.82, 2.24) is 4.98 Å². The van der Waals surface area contributed by atoms with Crippen LogP contribution < -0.4 is 0 Å². The number of aromatic carboxylic acids is 1. The number of fused-ring (bicyclic) bond motifs is 2. The second-order valence-corrected chi connectivity index (χ2v) is 6.64. The minimum atomic E-state index is -1.02. The quantitative estimate of drug-likeness (QED) is 0.853. The van der Waals surface area contributed by atoms with Crippen molar-refractivity contribution in [3.63, 3.8) is 0 Å². The number of carboxylic acids is 1. The second-order valence-electron chi connectivity index (χ2n) is 5.79. The number of pyridine rings is 1. The molecule has 104 valence electrons. The Labute approximate surface area is 124 Å². The normalized spacial score (nSPS) is 16.4. The van der Waals surface area contributed by atoms with Crippen LogP contribution in [0.1, 0.15) is 41.9 Å². The van der Waals surface area contributed by atoms with Crippen molar-refractivity contribution < 1.29 is 14.3 Å². The van der Waals surface area contributed by atoms with Gasteiger partial charge in [-0.15, -0.1) is 0 Å². The molecule has 20 heavy (non-hydrogen) atoms. The molecule has 1 aromatic carbocycles. The Kier molecular flexibility index (Phi) is 2.87. The van der Waals surface area contributed by atoms with Gasteiger partial charge in [0, 0.05) is 15.3 Å². The highest BCUT2D eigenvalue weighted by atomic mass is 79.9. The Morgan fingerprint density at radius 3 is 2.80 bits per heavy atom. The zero-order valence-corrected chi connectivity index (χ0v) is 12.7. The number of rotatable bonds is 1. The number of carbonyl (C=O) groups is 1. The van der Waals surface area contributed by atoms with Gasteiger partial charge >= 0.3 is 5.97 Å². The number of benzene rings is 1. The van der Waals surface area contributed by atoms with Gasteiger partial charge in [-0.25, -0.2) is 9.18 Å². The van der Waals surface area contributed by atoms with Crippen LogP contribution >= 0.6 is 15.9 Å². The molecule has 1 heterocycles. The van der Waals surface area contributed by atoms with Crippen molar-refractivity contribution in [3.8, 4) is 0 Å². The van der Waals surface area contributed by atoms with Crippen LogP contribution in [-0.2, 0) is 11.8 Å². The van der Waals surface area contributed by atoms with Crippen LogP contribution in [0, 0.1) is 5.82 Å². The van der Waals surface area contributed by atoms with Crippen LogP contribution in [0.15, 0.2) is 16.6 Å². The van der Waals surface area contributed by atoms with Crippen molar-refractivity contribution >= 4 is 32.8 Å². The molecule has 5 heteroatoms. The summed E-state index contributed by atoms with van der Waals surface area (Å²) in [6, 6.07) is 2.57. The van der Waals surface area contributed by atoms with Crippen molar-refractivity contribution in [2.24, 2.45) is 0 Å². The van der Waals surface area contributed by atoms with Crippen LogP contribution in [-0.4, -0.2) is 16.1 Å². The van der Waals surface area contributed by atoms with Gasteiger partial charge in [0.25, 0.3) is 0 Å². The lowest BCUT2D eigenvalue weighted by molar-refractivity contribution is 0.0698. The molecule has 0 atom stereocenters. The fourth-order valence-corrected chi connectivity index (χ4v) is 3.45. The summed E-state index contributed by atoms with van der Waals surface area (Å²) in [5, 5.41) is 9.90. The molecular formula is C15H13BrFNO2. The van der Waals surface area contributed by atoms with Crippen molar-refractivity contribution in [2.75, 3.05) is 0 Å². The molecule has 0 bridgehead atoms. The number of aromatic nitrogens is 1. The Morgan fingerprint density at radius 1 is 1.45 bits per heavy atom. The number of hydrogen-bond acceptors (Lipinski definition) is 2. The Balaban J connectivity index is 2.51. The zero-order chi connectivity index (χ0) is 14.7. The van der Waals surface area contributed by atoms with Gasteiger partial charge in [0.2, 0.25) is 0 Å². The standard InChI is InChI=1S/C15H13BrFNO2/c1-15(2)4-3-8-11(14(19)20)9-5-7(17)6-10(16)12(9)18-13(8)15/h5-6H,3-4H2,1-2H3,(H,19,20). The molecule has 2 aromatic rings. The molecule has 1 N–H and O–H groups in total. The smallest absolute Gasteiger partial charge is 0.336 e. The van der Waals surface area contributed by atoms with Gasteiger partial charge in [-0.1, -0.05) is 13.8 Å². The maximum Gasteiger partial charge on any atom is 0.336 e. The van der Waals surface area contributed by atoms with Gasteiger partial charge in [0.05, 0.1) is 16.8 Å². The maximum atomic E-state index is 13.6. The van der Waals surface area contributed by atoms with Crippen LogP contribution in [0.4, 0.5) is 4.39 Å². The summed E-state index contributed by atoms with van der Waals surface area (Å²) in [7, 11) is 0. The molecule has 0 saturated carbocycles. The molecule has 0 aliphatic heterocycles.